The Kier molecular flexibility index (Phi) is 1.86. The molecular formula is C12H11N2O. The summed E-state index contributed by atoms with van der Waals surface area (Å²) in [5, 5.41) is 10.0. The standard InChI is InChI=1S/C12H11N2O/c15-10-7-8-3-1-2-4-9(8)11(10)12-13-5-6-14-12/h1-5,10-11,15H,7H2,(H,13,14)/t10-,11-/m0/s1. The first kappa shape index (κ1) is 8.68. The van der Waals surface area contributed by atoms with Crippen molar-refractivity contribution in [1.82, 2.24) is 9.97 Å². The van der Waals surface area contributed by atoms with Gasteiger partial charge in [-0.2, -0.15) is 0 Å². The van der Waals surface area contributed by atoms with Crippen molar-refractivity contribution in [3.8, 4) is 0 Å². The van der Waals surface area contributed by atoms with Gasteiger partial charge in [-0.25, -0.2) is 4.98 Å². The number of aromatic amines is 1. The van der Waals surface area contributed by atoms with Crippen LogP contribution in [0.2, 0.25) is 0 Å². The fourth-order valence-electron chi connectivity index (χ4n) is 2.30. The van der Waals surface area contributed by atoms with Crippen LogP contribution >= 0.6 is 0 Å². The molecule has 2 aromatic rings. The van der Waals surface area contributed by atoms with Crippen molar-refractivity contribution >= 4 is 0 Å². The minimum absolute atomic E-state index is 0.0209. The lowest BCUT2D eigenvalue weighted by atomic mass is 9.99. The Hall–Kier alpha value is -1.61. The Morgan fingerprint density at radius 1 is 1.40 bits per heavy atom. The number of rotatable bonds is 1. The molecule has 75 valence electrons. The minimum Gasteiger partial charge on any atom is -0.392 e. The van der Waals surface area contributed by atoms with E-state index >= 15 is 0 Å². The predicted octanol–water partition coefficient (Wildman–Crippen LogP) is 1.26. The van der Waals surface area contributed by atoms with E-state index in [2.05, 4.69) is 28.3 Å². The van der Waals surface area contributed by atoms with Gasteiger partial charge >= 0.3 is 0 Å². The van der Waals surface area contributed by atoms with Gasteiger partial charge in [-0.1, -0.05) is 24.3 Å². The van der Waals surface area contributed by atoms with Gasteiger partial charge in [0.2, 0.25) is 0 Å². The van der Waals surface area contributed by atoms with Crippen LogP contribution in [-0.4, -0.2) is 21.2 Å². The first-order valence-electron chi connectivity index (χ1n) is 5.03. The summed E-state index contributed by atoms with van der Waals surface area (Å²) in [6.45, 7) is 0. The molecule has 0 aliphatic heterocycles. The van der Waals surface area contributed by atoms with Crippen molar-refractivity contribution in [3.63, 3.8) is 0 Å². The molecule has 0 saturated heterocycles. The lowest BCUT2D eigenvalue weighted by molar-refractivity contribution is 0.167. The maximum Gasteiger partial charge on any atom is 0.117 e. The maximum absolute atomic E-state index is 10.0. The van der Waals surface area contributed by atoms with Crippen LogP contribution in [0.25, 0.3) is 0 Å². The molecule has 3 heteroatoms. The first-order valence-corrected chi connectivity index (χ1v) is 5.03. The third kappa shape index (κ3) is 1.27. The van der Waals surface area contributed by atoms with Crippen LogP contribution in [0.15, 0.2) is 30.5 Å². The number of hydrogen-bond donors (Lipinski definition) is 2. The van der Waals surface area contributed by atoms with Gasteiger partial charge in [-0.15, -0.1) is 0 Å². The molecule has 3 rings (SSSR count). The molecule has 1 heterocycles. The monoisotopic (exact) mass is 199 g/mol. The van der Waals surface area contributed by atoms with E-state index in [0.717, 1.165) is 5.82 Å². The molecule has 1 aromatic heterocycles. The zero-order valence-electron chi connectivity index (χ0n) is 8.14. The highest BCUT2D eigenvalue weighted by Gasteiger charge is 2.33. The summed E-state index contributed by atoms with van der Waals surface area (Å²) in [7, 11) is 0. The normalized spacial score (nSPS) is 24.1. The summed E-state index contributed by atoms with van der Waals surface area (Å²) >= 11 is 0. The number of hydrogen-bond acceptors (Lipinski definition) is 2. The lowest BCUT2D eigenvalue weighted by Crippen LogP contribution is -2.15. The maximum atomic E-state index is 10.0. The van der Waals surface area contributed by atoms with E-state index in [1.807, 2.05) is 12.1 Å². The van der Waals surface area contributed by atoms with Gasteiger partial charge in [0.05, 0.1) is 12.0 Å². The number of aliphatic hydroxyl groups excluding tert-OH is 1. The van der Waals surface area contributed by atoms with Crippen LogP contribution in [0.3, 0.4) is 0 Å². The van der Waals surface area contributed by atoms with Crippen LogP contribution in [0.4, 0.5) is 0 Å². The van der Waals surface area contributed by atoms with E-state index in [4.69, 9.17) is 0 Å². The Labute approximate surface area is 87.8 Å². The number of imidazole rings is 1. The SMILES string of the molecule is O[C@H]1Cc2ccccc2[C@@H]1c1n[c]c[nH]1. The van der Waals surface area contributed by atoms with Gasteiger partial charge in [0, 0.05) is 6.20 Å². The average Bonchev–Trinajstić information content (AvgIpc) is 2.82. The number of nitrogens with one attached hydrogen (secondary N) is 1. The lowest BCUT2D eigenvalue weighted by Gasteiger charge is -2.12. The number of aromatic nitrogens is 2. The molecule has 3 nitrogen and oxygen atoms in total. The molecule has 1 aliphatic rings. The summed E-state index contributed by atoms with van der Waals surface area (Å²) in [5.41, 5.74) is 2.39. The number of fused-ring (bicyclic) bond motifs is 1. The van der Waals surface area contributed by atoms with Crippen LogP contribution < -0.4 is 0 Å². The Bertz CT molecular complexity index is 464. The minimum atomic E-state index is -0.373. The molecular weight excluding hydrogens is 188 g/mol. The van der Waals surface area contributed by atoms with Gasteiger partial charge in [-0.05, 0) is 17.5 Å². The summed E-state index contributed by atoms with van der Waals surface area (Å²) in [6, 6.07) is 8.11. The van der Waals surface area contributed by atoms with Crippen molar-refractivity contribution in [2.24, 2.45) is 0 Å². The highest BCUT2D eigenvalue weighted by atomic mass is 16.3. The zero-order valence-corrected chi connectivity index (χ0v) is 8.14. The van der Waals surface area contributed by atoms with Gasteiger partial charge in [0.25, 0.3) is 0 Å². The highest BCUT2D eigenvalue weighted by Crippen LogP contribution is 2.36. The molecule has 0 unspecified atom stereocenters. The smallest absolute Gasteiger partial charge is 0.117 e. The van der Waals surface area contributed by atoms with Crippen molar-refractivity contribution in [3.05, 3.63) is 53.6 Å². The molecule has 0 bridgehead atoms. The van der Waals surface area contributed by atoms with E-state index in [9.17, 15) is 5.11 Å². The molecule has 1 radical (unpaired) electrons. The van der Waals surface area contributed by atoms with Gasteiger partial charge in [-0.3, -0.25) is 0 Å². The second-order valence-corrected chi connectivity index (χ2v) is 3.86. The molecule has 15 heavy (non-hydrogen) atoms. The van der Waals surface area contributed by atoms with Crippen LogP contribution in [0.1, 0.15) is 22.9 Å². The number of benzene rings is 1. The van der Waals surface area contributed by atoms with Crippen LogP contribution in [0, 0.1) is 6.20 Å². The number of aliphatic hydroxyl groups is 1. The van der Waals surface area contributed by atoms with Gasteiger partial charge < -0.3 is 10.1 Å². The third-order valence-corrected chi connectivity index (χ3v) is 2.97. The predicted molar refractivity (Wildman–Crippen MR) is 55.4 cm³/mol. The van der Waals surface area contributed by atoms with Crippen LogP contribution in [-0.2, 0) is 6.42 Å². The van der Waals surface area contributed by atoms with E-state index < -0.39 is 0 Å². The average molecular weight is 199 g/mol. The van der Waals surface area contributed by atoms with Crippen LogP contribution in [0.5, 0.6) is 0 Å². The Morgan fingerprint density at radius 2 is 2.27 bits per heavy atom. The summed E-state index contributed by atoms with van der Waals surface area (Å²) in [5.74, 6) is 0.778. The quantitative estimate of drug-likeness (QED) is 0.726. The van der Waals surface area contributed by atoms with E-state index in [1.165, 1.54) is 11.1 Å². The van der Waals surface area contributed by atoms with E-state index in [-0.39, 0.29) is 12.0 Å². The van der Waals surface area contributed by atoms with Crippen molar-refractivity contribution < 1.29 is 5.11 Å². The summed E-state index contributed by atoms with van der Waals surface area (Å²) in [6.07, 6.45) is 4.75. The summed E-state index contributed by atoms with van der Waals surface area (Å²) < 4.78 is 0. The van der Waals surface area contributed by atoms with Gasteiger partial charge in [0.15, 0.2) is 0 Å². The molecule has 0 amide bonds. The molecule has 1 aromatic carbocycles. The zero-order chi connectivity index (χ0) is 10.3. The van der Waals surface area contributed by atoms with Crippen molar-refractivity contribution in [1.29, 1.82) is 0 Å². The number of H-pyrrole nitrogens is 1. The summed E-state index contributed by atoms with van der Waals surface area (Å²) in [4.78, 5) is 7.13. The molecule has 0 saturated carbocycles. The van der Waals surface area contributed by atoms with Crippen molar-refractivity contribution in [2.45, 2.75) is 18.4 Å². The largest absolute Gasteiger partial charge is 0.392 e. The van der Waals surface area contributed by atoms with E-state index in [0.29, 0.717) is 6.42 Å². The second kappa shape index (κ2) is 3.21. The van der Waals surface area contributed by atoms with Gasteiger partial charge in [0.1, 0.15) is 12.0 Å². The molecule has 2 atom stereocenters. The Morgan fingerprint density at radius 3 is 3.07 bits per heavy atom. The second-order valence-electron chi connectivity index (χ2n) is 3.86. The molecule has 2 N–H and O–H groups in total. The molecule has 0 spiro atoms. The molecule has 0 fully saturated rings. The van der Waals surface area contributed by atoms with E-state index in [1.54, 1.807) is 6.20 Å². The Balaban J connectivity index is 2.10. The van der Waals surface area contributed by atoms with Crippen molar-refractivity contribution in [2.75, 3.05) is 0 Å². The highest BCUT2D eigenvalue weighted by molar-refractivity contribution is 5.40. The topological polar surface area (TPSA) is 48.9 Å². The third-order valence-electron chi connectivity index (χ3n) is 2.97. The number of nitrogens with zero attached hydrogens (tertiary/aromatic N) is 1. The molecule has 1 aliphatic carbocycles. The first-order chi connectivity index (χ1) is 7.36. The fraction of sp³-hybridized carbons (Fsp3) is 0.250. The fourth-order valence-corrected chi connectivity index (χ4v) is 2.30.